The summed E-state index contributed by atoms with van der Waals surface area (Å²) in [4.78, 5) is 25.3. The van der Waals surface area contributed by atoms with Gasteiger partial charge in [-0.05, 0) is 97.7 Å². The Morgan fingerprint density at radius 1 is 1.00 bits per heavy atom. The third-order valence-electron chi connectivity index (χ3n) is 5.88. The molecule has 0 fully saturated rings. The highest BCUT2D eigenvalue weighted by molar-refractivity contribution is 5.99. The van der Waals surface area contributed by atoms with Crippen molar-refractivity contribution < 1.29 is 19.1 Å². The molecule has 0 radical (unpaired) electrons. The molecule has 1 aliphatic rings. The molecule has 1 unspecified atom stereocenters. The second kappa shape index (κ2) is 8.78. The van der Waals surface area contributed by atoms with Crippen LogP contribution in [0.3, 0.4) is 0 Å². The summed E-state index contributed by atoms with van der Waals surface area (Å²) in [6.45, 7) is 7.85. The van der Waals surface area contributed by atoms with Gasteiger partial charge >= 0.3 is 11.9 Å². The minimum atomic E-state index is -0.580. The fraction of sp³-hybridized carbons (Fsp3) is 0.357. The van der Waals surface area contributed by atoms with E-state index in [1.165, 1.54) is 0 Å². The lowest BCUT2D eigenvalue weighted by atomic mass is 9.90. The molecule has 3 aromatic carbocycles. The van der Waals surface area contributed by atoms with Crippen LogP contribution in [0.2, 0.25) is 0 Å². The minimum Gasteiger partial charge on any atom is -0.466 e. The summed E-state index contributed by atoms with van der Waals surface area (Å²) in [7, 11) is 0. The summed E-state index contributed by atoms with van der Waals surface area (Å²) in [5, 5.41) is 2.26. The van der Waals surface area contributed by atoms with Crippen molar-refractivity contribution in [2.45, 2.75) is 58.5 Å². The molecule has 0 spiro atoms. The van der Waals surface area contributed by atoms with E-state index in [1.807, 2.05) is 52.0 Å². The van der Waals surface area contributed by atoms with Crippen LogP contribution in [0.1, 0.15) is 67.9 Å². The van der Waals surface area contributed by atoms with Gasteiger partial charge in [0.2, 0.25) is 0 Å². The van der Waals surface area contributed by atoms with E-state index in [2.05, 4.69) is 30.3 Å². The van der Waals surface area contributed by atoms with Gasteiger partial charge in [-0.25, -0.2) is 4.79 Å². The summed E-state index contributed by atoms with van der Waals surface area (Å²) >= 11 is 0. The molecule has 0 heterocycles. The number of hydrogen-bond acceptors (Lipinski definition) is 4. The molecule has 0 aliphatic heterocycles. The van der Waals surface area contributed by atoms with Gasteiger partial charge < -0.3 is 9.47 Å². The predicted octanol–water partition coefficient (Wildman–Crippen LogP) is 6.45. The second-order valence-electron chi connectivity index (χ2n) is 9.41. The van der Waals surface area contributed by atoms with Crippen molar-refractivity contribution in [3.8, 4) is 11.1 Å². The van der Waals surface area contributed by atoms with Crippen LogP contribution in [0, 0.1) is 0 Å². The number of rotatable bonds is 5. The van der Waals surface area contributed by atoms with Crippen molar-refractivity contribution in [1.29, 1.82) is 0 Å². The summed E-state index contributed by atoms with van der Waals surface area (Å²) < 4.78 is 10.9. The molecule has 4 nitrogen and oxygen atoms in total. The number of aryl methyl sites for hydroxylation is 1. The Kier molecular flexibility index (Phi) is 6.05. The van der Waals surface area contributed by atoms with E-state index in [4.69, 9.17) is 9.47 Å². The van der Waals surface area contributed by atoms with E-state index in [0.717, 1.165) is 45.9 Å². The van der Waals surface area contributed by atoms with Crippen LogP contribution < -0.4 is 0 Å². The Hall–Kier alpha value is -3.14. The maximum atomic E-state index is 13.2. The van der Waals surface area contributed by atoms with E-state index in [9.17, 15) is 9.59 Å². The zero-order valence-corrected chi connectivity index (χ0v) is 19.2. The fourth-order valence-corrected chi connectivity index (χ4v) is 4.47. The van der Waals surface area contributed by atoms with Crippen molar-refractivity contribution in [2.24, 2.45) is 0 Å². The first-order valence-corrected chi connectivity index (χ1v) is 11.3. The molecule has 0 aromatic heterocycles. The Bertz CT molecular complexity index is 1170. The van der Waals surface area contributed by atoms with Gasteiger partial charge in [-0.1, -0.05) is 36.4 Å². The zero-order chi connectivity index (χ0) is 22.9. The topological polar surface area (TPSA) is 52.6 Å². The molecule has 0 N–H and O–H groups in total. The normalized spacial score (nSPS) is 15.4. The molecular formula is C28H30O4. The van der Waals surface area contributed by atoms with E-state index in [1.54, 1.807) is 0 Å². The largest absolute Gasteiger partial charge is 0.466 e. The number of hydrogen-bond donors (Lipinski definition) is 0. The number of carbonyl (C=O) groups excluding carboxylic acids is 2. The molecule has 166 valence electrons. The smallest absolute Gasteiger partial charge is 0.339 e. The van der Waals surface area contributed by atoms with Crippen LogP contribution in [-0.4, -0.2) is 24.1 Å². The van der Waals surface area contributed by atoms with Crippen LogP contribution >= 0.6 is 0 Å². The minimum absolute atomic E-state index is 0.107. The maximum absolute atomic E-state index is 13.2. The lowest BCUT2D eigenvalue weighted by Crippen LogP contribution is -2.24. The third-order valence-corrected chi connectivity index (χ3v) is 5.88. The Morgan fingerprint density at radius 3 is 2.47 bits per heavy atom. The first-order chi connectivity index (χ1) is 15.2. The van der Waals surface area contributed by atoms with Crippen LogP contribution in [-0.2, 0) is 20.7 Å². The van der Waals surface area contributed by atoms with E-state index in [-0.39, 0.29) is 17.9 Å². The van der Waals surface area contributed by atoms with Crippen molar-refractivity contribution in [3.63, 3.8) is 0 Å². The highest BCUT2D eigenvalue weighted by atomic mass is 16.6. The van der Waals surface area contributed by atoms with Crippen molar-refractivity contribution >= 4 is 22.7 Å². The van der Waals surface area contributed by atoms with Gasteiger partial charge in [-0.3, -0.25) is 4.79 Å². The highest BCUT2D eigenvalue weighted by Crippen LogP contribution is 2.40. The van der Waals surface area contributed by atoms with Gasteiger partial charge in [0.25, 0.3) is 0 Å². The summed E-state index contributed by atoms with van der Waals surface area (Å²) in [5.41, 5.74) is 4.06. The van der Waals surface area contributed by atoms with E-state index < -0.39 is 5.60 Å². The van der Waals surface area contributed by atoms with E-state index in [0.29, 0.717) is 18.6 Å². The molecule has 0 bridgehead atoms. The molecule has 4 heteroatoms. The lowest BCUT2D eigenvalue weighted by Gasteiger charge is -2.22. The maximum Gasteiger partial charge on any atom is 0.339 e. The highest BCUT2D eigenvalue weighted by Gasteiger charge is 2.29. The Balaban J connectivity index is 1.81. The molecule has 0 saturated carbocycles. The molecule has 3 aromatic rings. The lowest BCUT2D eigenvalue weighted by molar-refractivity contribution is -0.143. The molecular weight excluding hydrogens is 400 g/mol. The number of benzene rings is 3. The standard InChI is InChI=1S/C28H30O4/c1-5-31-26(29)16-22-13-12-21-15-25(27(30)32-28(2,3)4)24(17-23(21)22)20-11-10-18-8-6-7-9-19(18)14-20/h6-11,14-15,17,22H,5,12-13,16H2,1-4H3. The average molecular weight is 431 g/mol. The van der Waals surface area contributed by atoms with Crippen LogP contribution in [0.25, 0.3) is 21.9 Å². The van der Waals surface area contributed by atoms with Crippen LogP contribution in [0.5, 0.6) is 0 Å². The van der Waals surface area contributed by atoms with Crippen LogP contribution in [0.4, 0.5) is 0 Å². The molecule has 32 heavy (non-hydrogen) atoms. The quantitative estimate of drug-likeness (QED) is 0.437. The zero-order valence-electron chi connectivity index (χ0n) is 19.2. The number of esters is 2. The first kappa shape index (κ1) is 22.1. The van der Waals surface area contributed by atoms with Gasteiger partial charge in [0.15, 0.2) is 0 Å². The Labute approximate surface area is 189 Å². The number of fused-ring (bicyclic) bond motifs is 2. The summed E-state index contributed by atoms with van der Waals surface area (Å²) in [6, 6.07) is 18.5. The predicted molar refractivity (Wildman–Crippen MR) is 127 cm³/mol. The van der Waals surface area contributed by atoms with Gasteiger partial charge in [0.1, 0.15) is 5.60 Å². The van der Waals surface area contributed by atoms with Gasteiger partial charge in [0, 0.05) is 0 Å². The van der Waals surface area contributed by atoms with Crippen LogP contribution in [0.15, 0.2) is 54.6 Å². The summed E-state index contributed by atoms with van der Waals surface area (Å²) in [6.07, 6.45) is 2.08. The average Bonchev–Trinajstić information content (AvgIpc) is 3.13. The molecule has 4 rings (SSSR count). The number of carbonyl (C=O) groups is 2. The molecule has 1 aliphatic carbocycles. The SMILES string of the molecule is CCOC(=O)CC1CCc2cc(C(=O)OC(C)(C)C)c(-c3ccc4ccccc4c3)cc21. The molecule has 0 saturated heterocycles. The molecule has 0 amide bonds. The van der Waals surface area contributed by atoms with E-state index >= 15 is 0 Å². The van der Waals surface area contributed by atoms with Crippen molar-refractivity contribution in [3.05, 3.63) is 71.3 Å². The van der Waals surface area contributed by atoms with Crippen molar-refractivity contribution in [2.75, 3.05) is 6.61 Å². The third kappa shape index (κ3) is 4.69. The van der Waals surface area contributed by atoms with Gasteiger partial charge in [0.05, 0.1) is 18.6 Å². The Morgan fingerprint density at radius 2 is 1.75 bits per heavy atom. The second-order valence-corrected chi connectivity index (χ2v) is 9.41. The molecule has 1 atom stereocenters. The monoisotopic (exact) mass is 430 g/mol. The van der Waals surface area contributed by atoms with Crippen molar-refractivity contribution in [1.82, 2.24) is 0 Å². The first-order valence-electron chi connectivity index (χ1n) is 11.3. The van der Waals surface area contributed by atoms with Gasteiger partial charge in [-0.15, -0.1) is 0 Å². The number of ether oxygens (including phenoxy) is 2. The fourth-order valence-electron chi connectivity index (χ4n) is 4.47. The summed E-state index contributed by atoms with van der Waals surface area (Å²) in [5.74, 6) is -0.387. The van der Waals surface area contributed by atoms with Gasteiger partial charge in [-0.2, -0.15) is 0 Å².